The lowest BCUT2D eigenvalue weighted by Gasteiger charge is -2.16. The van der Waals surface area contributed by atoms with Gasteiger partial charge in [0.1, 0.15) is 0 Å². The standard InChI is InChI=1S/C17H19N3O/c21-17(13-7-2-1-3-8-13)20-16-15(11-6-12-18-16)19-14-9-4-5-10-14/h1-3,6-8,11-12,14,19H,4-5,9-10H2,(H,18,20,21). The van der Waals surface area contributed by atoms with Crippen molar-refractivity contribution in [3.8, 4) is 0 Å². The number of hydrogen-bond donors (Lipinski definition) is 2. The van der Waals surface area contributed by atoms with Gasteiger partial charge in [-0.3, -0.25) is 4.79 Å². The molecule has 1 aliphatic rings. The van der Waals surface area contributed by atoms with Gasteiger partial charge < -0.3 is 10.6 Å². The minimum absolute atomic E-state index is 0.135. The lowest BCUT2D eigenvalue weighted by molar-refractivity contribution is 0.102. The highest BCUT2D eigenvalue weighted by Gasteiger charge is 2.17. The summed E-state index contributed by atoms with van der Waals surface area (Å²) in [7, 11) is 0. The number of aromatic nitrogens is 1. The Morgan fingerprint density at radius 2 is 1.81 bits per heavy atom. The van der Waals surface area contributed by atoms with Gasteiger partial charge in [-0.15, -0.1) is 0 Å². The van der Waals surface area contributed by atoms with Crippen LogP contribution in [0.25, 0.3) is 0 Å². The maximum atomic E-state index is 12.2. The molecule has 4 nitrogen and oxygen atoms in total. The first-order valence-electron chi connectivity index (χ1n) is 7.41. The molecule has 1 fully saturated rings. The third-order valence-corrected chi connectivity index (χ3v) is 3.79. The maximum Gasteiger partial charge on any atom is 0.256 e. The van der Waals surface area contributed by atoms with Crippen LogP contribution < -0.4 is 10.6 Å². The number of amides is 1. The Labute approximate surface area is 124 Å². The minimum Gasteiger partial charge on any atom is -0.379 e. The Kier molecular flexibility index (Phi) is 4.15. The van der Waals surface area contributed by atoms with Crippen molar-refractivity contribution in [3.63, 3.8) is 0 Å². The van der Waals surface area contributed by atoms with Crippen LogP contribution in [0, 0.1) is 0 Å². The highest BCUT2D eigenvalue weighted by Crippen LogP contribution is 2.26. The molecule has 1 saturated carbocycles. The molecule has 4 heteroatoms. The van der Waals surface area contributed by atoms with Crippen molar-refractivity contribution in [2.24, 2.45) is 0 Å². The molecule has 0 bridgehead atoms. The summed E-state index contributed by atoms with van der Waals surface area (Å²) in [6.07, 6.45) is 6.59. The zero-order valence-corrected chi connectivity index (χ0v) is 11.9. The summed E-state index contributed by atoms with van der Waals surface area (Å²) in [5.41, 5.74) is 1.53. The number of carbonyl (C=O) groups excluding carboxylic acids is 1. The van der Waals surface area contributed by atoms with E-state index in [1.165, 1.54) is 25.7 Å². The summed E-state index contributed by atoms with van der Waals surface area (Å²) in [4.78, 5) is 16.5. The van der Waals surface area contributed by atoms with Gasteiger partial charge in [-0.25, -0.2) is 4.98 Å². The zero-order chi connectivity index (χ0) is 14.5. The van der Waals surface area contributed by atoms with Crippen molar-refractivity contribution < 1.29 is 4.79 Å². The van der Waals surface area contributed by atoms with Crippen molar-refractivity contribution in [1.29, 1.82) is 0 Å². The van der Waals surface area contributed by atoms with Gasteiger partial charge in [0.05, 0.1) is 5.69 Å². The van der Waals surface area contributed by atoms with E-state index in [1.807, 2.05) is 30.3 Å². The van der Waals surface area contributed by atoms with Crippen LogP contribution in [0.2, 0.25) is 0 Å². The molecule has 0 radical (unpaired) electrons. The van der Waals surface area contributed by atoms with Crippen LogP contribution in [0.3, 0.4) is 0 Å². The van der Waals surface area contributed by atoms with Gasteiger partial charge in [0, 0.05) is 17.8 Å². The molecule has 1 aliphatic carbocycles. The highest BCUT2D eigenvalue weighted by molar-refractivity contribution is 6.05. The molecular weight excluding hydrogens is 262 g/mol. The van der Waals surface area contributed by atoms with Crippen LogP contribution in [0.1, 0.15) is 36.0 Å². The first-order chi connectivity index (χ1) is 10.3. The second-order valence-electron chi connectivity index (χ2n) is 5.35. The maximum absolute atomic E-state index is 12.2. The van der Waals surface area contributed by atoms with Crippen LogP contribution in [-0.4, -0.2) is 16.9 Å². The number of benzene rings is 1. The van der Waals surface area contributed by atoms with E-state index in [0.717, 1.165) is 5.69 Å². The molecule has 108 valence electrons. The van der Waals surface area contributed by atoms with Crippen LogP contribution in [0.5, 0.6) is 0 Å². The first-order valence-corrected chi connectivity index (χ1v) is 7.41. The van der Waals surface area contributed by atoms with Gasteiger partial charge in [0.2, 0.25) is 0 Å². The fourth-order valence-electron chi connectivity index (χ4n) is 2.68. The van der Waals surface area contributed by atoms with Crippen LogP contribution in [0.4, 0.5) is 11.5 Å². The summed E-state index contributed by atoms with van der Waals surface area (Å²) >= 11 is 0. The second-order valence-corrected chi connectivity index (χ2v) is 5.35. The molecule has 1 aromatic heterocycles. The van der Waals surface area contributed by atoms with Gasteiger partial charge in [-0.2, -0.15) is 0 Å². The van der Waals surface area contributed by atoms with E-state index in [0.29, 0.717) is 17.4 Å². The summed E-state index contributed by atoms with van der Waals surface area (Å²) in [6.45, 7) is 0. The van der Waals surface area contributed by atoms with Gasteiger partial charge in [0.25, 0.3) is 5.91 Å². The third kappa shape index (κ3) is 3.40. The molecule has 0 aliphatic heterocycles. The molecule has 2 N–H and O–H groups in total. The molecule has 1 amide bonds. The van der Waals surface area contributed by atoms with E-state index < -0.39 is 0 Å². The van der Waals surface area contributed by atoms with Crippen molar-refractivity contribution in [1.82, 2.24) is 4.98 Å². The van der Waals surface area contributed by atoms with Crippen LogP contribution >= 0.6 is 0 Å². The Hall–Kier alpha value is -2.36. The predicted octanol–water partition coefficient (Wildman–Crippen LogP) is 3.69. The van der Waals surface area contributed by atoms with Gasteiger partial charge in [0.15, 0.2) is 5.82 Å². The van der Waals surface area contributed by atoms with E-state index in [9.17, 15) is 4.79 Å². The topological polar surface area (TPSA) is 54.0 Å². The molecule has 0 atom stereocenters. The third-order valence-electron chi connectivity index (χ3n) is 3.79. The van der Waals surface area contributed by atoms with Crippen molar-refractivity contribution in [3.05, 3.63) is 54.2 Å². The molecule has 21 heavy (non-hydrogen) atoms. The van der Waals surface area contributed by atoms with Crippen LogP contribution in [-0.2, 0) is 0 Å². The molecule has 0 saturated heterocycles. The number of rotatable bonds is 4. The Morgan fingerprint density at radius 3 is 2.57 bits per heavy atom. The van der Waals surface area contributed by atoms with Crippen molar-refractivity contribution in [2.75, 3.05) is 10.6 Å². The summed E-state index contributed by atoms with van der Waals surface area (Å²) in [5.74, 6) is 0.460. The van der Waals surface area contributed by atoms with E-state index >= 15 is 0 Å². The average molecular weight is 281 g/mol. The number of pyridine rings is 1. The van der Waals surface area contributed by atoms with Gasteiger partial charge >= 0.3 is 0 Å². The van der Waals surface area contributed by atoms with E-state index in [-0.39, 0.29) is 5.91 Å². The Bertz CT molecular complexity index is 606. The van der Waals surface area contributed by atoms with Crippen LogP contribution in [0.15, 0.2) is 48.7 Å². The normalized spacial score (nSPS) is 14.9. The largest absolute Gasteiger partial charge is 0.379 e. The van der Waals surface area contributed by atoms with Gasteiger partial charge in [-0.1, -0.05) is 31.0 Å². The van der Waals surface area contributed by atoms with E-state index in [4.69, 9.17) is 0 Å². The highest BCUT2D eigenvalue weighted by atomic mass is 16.1. The minimum atomic E-state index is -0.135. The summed E-state index contributed by atoms with van der Waals surface area (Å²) in [5, 5.41) is 6.38. The molecule has 1 heterocycles. The quantitative estimate of drug-likeness (QED) is 0.898. The number of nitrogens with one attached hydrogen (secondary N) is 2. The van der Waals surface area contributed by atoms with Crippen molar-refractivity contribution in [2.45, 2.75) is 31.7 Å². The smallest absolute Gasteiger partial charge is 0.256 e. The fraction of sp³-hybridized carbons (Fsp3) is 0.294. The molecule has 0 spiro atoms. The predicted molar refractivity (Wildman–Crippen MR) is 84.5 cm³/mol. The van der Waals surface area contributed by atoms with E-state index in [1.54, 1.807) is 18.3 Å². The molecule has 0 unspecified atom stereocenters. The lowest BCUT2D eigenvalue weighted by atomic mass is 10.2. The van der Waals surface area contributed by atoms with Crippen molar-refractivity contribution >= 4 is 17.4 Å². The van der Waals surface area contributed by atoms with E-state index in [2.05, 4.69) is 15.6 Å². The first kappa shape index (κ1) is 13.6. The number of carbonyl (C=O) groups is 1. The Balaban J connectivity index is 1.74. The number of hydrogen-bond acceptors (Lipinski definition) is 3. The monoisotopic (exact) mass is 281 g/mol. The number of anilines is 2. The SMILES string of the molecule is O=C(Nc1ncccc1NC1CCCC1)c1ccccc1. The molecule has 3 rings (SSSR count). The number of nitrogens with zero attached hydrogens (tertiary/aromatic N) is 1. The summed E-state index contributed by atoms with van der Waals surface area (Å²) in [6, 6.07) is 13.5. The lowest BCUT2D eigenvalue weighted by Crippen LogP contribution is -2.19. The zero-order valence-electron chi connectivity index (χ0n) is 11.9. The molecule has 1 aromatic carbocycles. The molecule has 2 aromatic rings. The summed E-state index contributed by atoms with van der Waals surface area (Å²) < 4.78 is 0. The molecular formula is C17H19N3O. The Morgan fingerprint density at radius 1 is 1.05 bits per heavy atom. The van der Waals surface area contributed by atoms with Gasteiger partial charge in [-0.05, 0) is 37.1 Å². The second kappa shape index (κ2) is 6.39. The average Bonchev–Trinajstić information content (AvgIpc) is 3.03. The fourth-order valence-corrected chi connectivity index (χ4v) is 2.68.